The summed E-state index contributed by atoms with van der Waals surface area (Å²) >= 11 is 0. The van der Waals surface area contributed by atoms with E-state index in [1.54, 1.807) is 0 Å². The predicted octanol–water partition coefficient (Wildman–Crippen LogP) is 18.9. The van der Waals surface area contributed by atoms with Crippen molar-refractivity contribution < 1.29 is 83.8 Å². The lowest BCUT2D eigenvalue weighted by Crippen LogP contribution is -2.60. The predicted molar refractivity (Wildman–Crippen MR) is 255 cm³/mol. The molecule has 0 aliphatic heterocycles. The van der Waals surface area contributed by atoms with Gasteiger partial charge < -0.3 is 4.74 Å². The maximum absolute atomic E-state index is 14.1. The van der Waals surface area contributed by atoms with E-state index in [-0.39, 0.29) is 25.7 Å². The first kappa shape index (κ1) is 60.3. The Morgan fingerprint density at radius 2 is 0.481 bits per heavy atom. The fourth-order valence-corrected chi connectivity index (χ4v) is 9.28. The standard InChI is InChI=1S/C58H52F18O/c59-49(60,53(63,64)55(67,68)57(71,72)73)39-19-3-1-9-21-41-31-35-47(36-32-41)51(43-23-11-5-12-24-43,44-25-13-6-14-26-44)77-52(45-27-15-7-16-28-45,46-29-17-8-18-30-46)48-37-33-42(34-38-48)22-10-2-4-20-40-50(61,62)54(65,66)56(69,70)58(74,75)76/h5-8,11-18,23-38H,1-4,9-10,19-22,39-40H2. The van der Waals surface area contributed by atoms with E-state index in [0.29, 0.717) is 59.1 Å². The third-order valence-corrected chi connectivity index (χ3v) is 13.6. The summed E-state index contributed by atoms with van der Waals surface area (Å²) in [5, 5.41) is 0. The highest BCUT2D eigenvalue weighted by molar-refractivity contribution is 5.53. The van der Waals surface area contributed by atoms with E-state index in [1.807, 2.05) is 170 Å². The van der Waals surface area contributed by atoms with Crippen molar-refractivity contribution in [2.24, 2.45) is 0 Å². The number of rotatable bonds is 26. The first-order chi connectivity index (χ1) is 36.0. The van der Waals surface area contributed by atoms with Crippen molar-refractivity contribution in [3.63, 3.8) is 0 Å². The van der Waals surface area contributed by atoms with Crippen LogP contribution in [0.25, 0.3) is 0 Å². The molecule has 0 radical (unpaired) electrons. The van der Waals surface area contributed by atoms with Crippen molar-refractivity contribution in [3.8, 4) is 0 Å². The third-order valence-electron chi connectivity index (χ3n) is 13.6. The average Bonchev–Trinajstić information content (AvgIpc) is 3.39. The second-order valence-corrected chi connectivity index (χ2v) is 18.9. The number of hydrogen-bond donors (Lipinski definition) is 0. The number of alkyl halides is 18. The monoisotopic (exact) mass is 1110 g/mol. The molecular weight excluding hydrogens is 1050 g/mol. The number of hydrogen-bond acceptors (Lipinski definition) is 1. The number of ether oxygens (including phenoxy) is 1. The average molecular weight is 1110 g/mol. The van der Waals surface area contributed by atoms with Crippen LogP contribution in [-0.2, 0) is 28.8 Å². The summed E-state index contributed by atoms with van der Waals surface area (Å²) < 4.78 is 249. The summed E-state index contributed by atoms with van der Waals surface area (Å²) in [6.45, 7) is 0. The van der Waals surface area contributed by atoms with Crippen LogP contribution in [0.1, 0.15) is 109 Å². The van der Waals surface area contributed by atoms with Crippen LogP contribution in [-0.4, -0.2) is 47.9 Å². The van der Waals surface area contributed by atoms with Crippen molar-refractivity contribution in [1.82, 2.24) is 0 Å². The second kappa shape index (κ2) is 23.5. The van der Waals surface area contributed by atoms with E-state index in [1.165, 1.54) is 0 Å². The van der Waals surface area contributed by atoms with Crippen molar-refractivity contribution >= 4 is 0 Å². The molecule has 0 amide bonds. The zero-order valence-electron chi connectivity index (χ0n) is 40.9. The molecule has 6 aromatic carbocycles. The number of aryl methyl sites for hydroxylation is 2. The lowest BCUT2D eigenvalue weighted by molar-refractivity contribution is -0.396. The molecule has 1 nitrogen and oxygen atoms in total. The number of unbranched alkanes of at least 4 members (excludes halogenated alkanes) is 6. The molecule has 0 atom stereocenters. The van der Waals surface area contributed by atoms with Crippen LogP contribution < -0.4 is 0 Å². The topological polar surface area (TPSA) is 9.23 Å². The van der Waals surface area contributed by atoms with E-state index in [4.69, 9.17) is 4.74 Å². The molecule has 0 spiro atoms. The van der Waals surface area contributed by atoms with Gasteiger partial charge in [-0.15, -0.1) is 0 Å². The van der Waals surface area contributed by atoms with Crippen LogP contribution in [0.15, 0.2) is 170 Å². The van der Waals surface area contributed by atoms with Gasteiger partial charge in [0, 0.05) is 12.8 Å². The van der Waals surface area contributed by atoms with Crippen LogP contribution in [0.4, 0.5) is 79.0 Å². The molecule has 0 aliphatic carbocycles. The van der Waals surface area contributed by atoms with Crippen LogP contribution in [0, 0.1) is 0 Å². The van der Waals surface area contributed by atoms with Crippen LogP contribution in [0.3, 0.4) is 0 Å². The Labute approximate surface area is 433 Å². The Morgan fingerprint density at radius 3 is 0.727 bits per heavy atom. The lowest BCUT2D eigenvalue weighted by Gasteiger charge is -2.46. The minimum Gasteiger partial charge on any atom is -0.340 e. The summed E-state index contributed by atoms with van der Waals surface area (Å²) in [5.74, 6) is -38.5. The van der Waals surface area contributed by atoms with Crippen LogP contribution >= 0.6 is 0 Å². The van der Waals surface area contributed by atoms with Gasteiger partial charge >= 0.3 is 47.9 Å². The molecule has 0 saturated carbocycles. The Bertz CT molecular complexity index is 2470. The van der Waals surface area contributed by atoms with E-state index in [0.717, 1.165) is 11.1 Å². The highest BCUT2D eigenvalue weighted by Crippen LogP contribution is 2.56. The molecule has 6 rings (SSSR count). The minimum absolute atomic E-state index is 0.156. The van der Waals surface area contributed by atoms with Crippen molar-refractivity contribution in [2.45, 2.75) is 136 Å². The third kappa shape index (κ3) is 12.3. The maximum Gasteiger partial charge on any atom is 0.460 e. The molecular formula is C58H52F18O. The highest BCUT2D eigenvalue weighted by Gasteiger charge is 2.82. The fraction of sp³-hybridized carbons (Fsp3) is 0.379. The SMILES string of the molecule is FC(F)(F)C(F)(F)C(F)(F)C(F)(F)CCCCCCc1ccc(C(OC(c2ccccc2)(c2ccccc2)c2ccc(CCCCCCC(F)(F)C(F)(F)C(F)(F)C(F)(F)F)cc2)(c2ccccc2)c2ccccc2)cc1. The van der Waals surface area contributed by atoms with Gasteiger partial charge in [-0.1, -0.05) is 196 Å². The zero-order valence-corrected chi connectivity index (χ0v) is 40.9. The van der Waals surface area contributed by atoms with Gasteiger partial charge in [-0.3, -0.25) is 0 Å². The smallest absolute Gasteiger partial charge is 0.340 e. The Morgan fingerprint density at radius 1 is 0.247 bits per heavy atom. The quantitative estimate of drug-likeness (QED) is 0.0299. The maximum atomic E-state index is 14.1. The first-order valence-electron chi connectivity index (χ1n) is 24.5. The molecule has 6 aromatic rings. The Hall–Kier alpha value is -5.98. The van der Waals surface area contributed by atoms with Crippen molar-refractivity contribution in [3.05, 3.63) is 214 Å². The van der Waals surface area contributed by atoms with E-state index < -0.39 is 84.8 Å². The van der Waals surface area contributed by atoms with Gasteiger partial charge in [0.05, 0.1) is 0 Å². The molecule has 0 bridgehead atoms. The van der Waals surface area contributed by atoms with Crippen molar-refractivity contribution in [1.29, 1.82) is 0 Å². The zero-order chi connectivity index (χ0) is 56.6. The second-order valence-electron chi connectivity index (χ2n) is 18.9. The lowest BCUT2D eigenvalue weighted by atomic mass is 9.75. The van der Waals surface area contributed by atoms with Gasteiger partial charge in [0.15, 0.2) is 0 Å². The molecule has 19 heteroatoms. The van der Waals surface area contributed by atoms with E-state index in [2.05, 4.69) is 0 Å². The number of benzene rings is 6. The van der Waals surface area contributed by atoms with Gasteiger partial charge in [0.25, 0.3) is 0 Å². The fourth-order valence-electron chi connectivity index (χ4n) is 9.28. The summed E-state index contributed by atoms with van der Waals surface area (Å²) in [6.07, 6.45) is -17.7. The van der Waals surface area contributed by atoms with E-state index >= 15 is 0 Å². The van der Waals surface area contributed by atoms with E-state index in [9.17, 15) is 79.0 Å². The minimum atomic E-state index is -6.94. The van der Waals surface area contributed by atoms with Gasteiger partial charge in [0.2, 0.25) is 0 Å². The normalized spacial score (nSPS) is 13.7. The molecule has 0 unspecified atom stereocenters. The molecule has 0 heterocycles. The first-order valence-corrected chi connectivity index (χ1v) is 24.5. The van der Waals surface area contributed by atoms with Crippen LogP contribution in [0.2, 0.25) is 0 Å². The molecule has 0 fully saturated rings. The van der Waals surface area contributed by atoms with Gasteiger partial charge in [-0.2, -0.15) is 79.0 Å². The molecule has 0 saturated heterocycles. The molecule has 0 aromatic heterocycles. The van der Waals surface area contributed by atoms with Gasteiger partial charge in [-0.25, -0.2) is 0 Å². The molecule has 0 N–H and O–H groups in total. The summed E-state index contributed by atoms with van der Waals surface area (Å²) in [5.41, 5.74) is 2.65. The molecule has 0 aliphatic rings. The van der Waals surface area contributed by atoms with Crippen LogP contribution in [0.5, 0.6) is 0 Å². The van der Waals surface area contributed by atoms with Gasteiger partial charge in [0.1, 0.15) is 11.2 Å². The molecule has 77 heavy (non-hydrogen) atoms. The summed E-state index contributed by atoms with van der Waals surface area (Å²) in [7, 11) is 0. The highest BCUT2D eigenvalue weighted by atomic mass is 19.4. The van der Waals surface area contributed by atoms with Crippen molar-refractivity contribution in [2.75, 3.05) is 0 Å². The largest absolute Gasteiger partial charge is 0.460 e. The summed E-state index contributed by atoms with van der Waals surface area (Å²) in [4.78, 5) is 0. The Balaban J connectivity index is 1.28. The van der Waals surface area contributed by atoms with Gasteiger partial charge in [-0.05, 0) is 83.0 Å². The number of halogens is 18. The molecule has 416 valence electrons. The Kier molecular flexibility index (Phi) is 18.4. The summed E-state index contributed by atoms with van der Waals surface area (Å²) in [6, 6.07) is 52.0.